The molecule has 0 radical (unpaired) electrons. The second kappa shape index (κ2) is 5.80. The second-order valence-corrected chi connectivity index (χ2v) is 7.28. The summed E-state index contributed by atoms with van der Waals surface area (Å²) in [7, 11) is 1.92. The van der Waals surface area contributed by atoms with Gasteiger partial charge in [0.2, 0.25) is 5.91 Å². The van der Waals surface area contributed by atoms with Crippen molar-refractivity contribution < 1.29 is 4.79 Å². The van der Waals surface area contributed by atoms with E-state index in [0.717, 1.165) is 24.4 Å². The molecule has 0 N–H and O–H groups in total. The molecule has 1 saturated heterocycles. The van der Waals surface area contributed by atoms with Gasteiger partial charge in [-0.2, -0.15) is 0 Å². The monoisotopic (exact) mass is 312 g/mol. The van der Waals surface area contributed by atoms with Crippen LogP contribution in [0.25, 0.3) is 11.4 Å². The van der Waals surface area contributed by atoms with E-state index in [1.807, 2.05) is 46.8 Å². The molecule has 1 amide bonds. The lowest BCUT2D eigenvalue weighted by atomic mass is 9.91. The normalized spacial score (nSPS) is 20.0. The fourth-order valence-corrected chi connectivity index (χ4v) is 3.52. The third-order valence-corrected chi connectivity index (χ3v) is 4.61. The van der Waals surface area contributed by atoms with Crippen molar-refractivity contribution in [1.82, 2.24) is 19.7 Å². The molecular weight excluding hydrogens is 288 g/mol. The molecule has 1 aromatic carbocycles. The molecule has 5 nitrogen and oxygen atoms in total. The summed E-state index contributed by atoms with van der Waals surface area (Å²) in [4.78, 5) is 14.6. The summed E-state index contributed by atoms with van der Waals surface area (Å²) in [5, 5.41) is 8.49. The van der Waals surface area contributed by atoms with Crippen molar-refractivity contribution in [3.05, 3.63) is 36.2 Å². The molecule has 23 heavy (non-hydrogen) atoms. The lowest BCUT2D eigenvalue weighted by Crippen LogP contribution is -2.36. The van der Waals surface area contributed by atoms with E-state index in [9.17, 15) is 4.79 Å². The molecule has 1 aliphatic heterocycles. The van der Waals surface area contributed by atoms with Crippen molar-refractivity contribution in [2.75, 3.05) is 6.54 Å². The topological polar surface area (TPSA) is 51.0 Å². The van der Waals surface area contributed by atoms with Gasteiger partial charge >= 0.3 is 0 Å². The summed E-state index contributed by atoms with van der Waals surface area (Å²) < 4.78 is 1.92. The van der Waals surface area contributed by atoms with Gasteiger partial charge in [-0.05, 0) is 18.8 Å². The standard InChI is InChI=1S/C18H24N4O/c1-13-11-18(2,3)12-22(13)16(23)10-15-19-20-17(21(15)4)14-8-6-5-7-9-14/h5-9,13H,10-12H2,1-4H3. The van der Waals surface area contributed by atoms with E-state index in [0.29, 0.717) is 18.3 Å². The van der Waals surface area contributed by atoms with Gasteiger partial charge in [-0.3, -0.25) is 4.79 Å². The predicted molar refractivity (Wildman–Crippen MR) is 89.7 cm³/mol. The number of hydrogen-bond donors (Lipinski definition) is 0. The van der Waals surface area contributed by atoms with Crippen LogP contribution < -0.4 is 0 Å². The van der Waals surface area contributed by atoms with Crippen molar-refractivity contribution in [2.24, 2.45) is 12.5 Å². The lowest BCUT2D eigenvalue weighted by Gasteiger charge is -2.22. The van der Waals surface area contributed by atoms with Crippen LogP contribution in [-0.2, 0) is 18.3 Å². The Balaban J connectivity index is 1.77. The smallest absolute Gasteiger partial charge is 0.230 e. The van der Waals surface area contributed by atoms with Crippen LogP contribution in [0.3, 0.4) is 0 Å². The largest absolute Gasteiger partial charge is 0.339 e. The fourth-order valence-electron chi connectivity index (χ4n) is 3.52. The van der Waals surface area contributed by atoms with Crippen LogP contribution in [0.2, 0.25) is 0 Å². The highest BCUT2D eigenvalue weighted by atomic mass is 16.2. The van der Waals surface area contributed by atoms with E-state index < -0.39 is 0 Å². The molecule has 2 heterocycles. The van der Waals surface area contributed by atoms with Crippen molar-refractivity contribution in [1.29, 1.82) is 0 Å². The average Bonchev–Trinajstić information content (AvgIpc) is 2.99. The first-order chi connectivity index (χ1) is 10.9. The van der Waals surface area contributed by atoms with Gasteiger partial charge in [0, 0.05) is 25.2 Å². The van der Waals surface area contributed by atoms with E-state index in [1.165, 1.54) is 0 Å². The molecule has 1 atom stereocenters. The Morgan fingerprint density at radius 1 is 1.26 bits per heavy atom. The summed E-state index contributed by atoms with van der Waals surface area (Å²) in [5.41, 5.74) is 1.21. The van der Waals surface area contributed by atoms with Crippen LogP contribution in [0.5, 0.6) is 0 Å². The molecule has 1 aliphatic rings. The quantitative estimate of drug-likeness (QED) is 0.875. The number of benzene rings is 1. The van der Waals surface area contributed by atoms with Crippen LogP contribution in [0.4, 0.5) is 0 Å². The zero-order valence-corrected chi connectivity index (χ0v) is 14.3. The van der Waals surface area contributed by atoms with E-state index in [-0.39, 0.29) is 11.3 Å². The number of carbonyl (C=O) groups is 1. The first kappa shape index (κ1) is 15.7. The van der Waals surface area contributed by atoms with Crippen LogP contribution in [0.1, 0.15) is 33.0 Å². The number of hydrogen-bond acceptors (Lipinski definition) is 3. The van der Waals surface area contributed by atoms with Gasteiger partial charge in [0.1, 0.15) is 5.82 Å². The molecule has 1 unspecified atom stereocenters. The molecule has 3 rings (SSSR count). The van der Waals surface area contributed by atoms with E-state index in [1.54, 1.807) is 0 Å². The third-order valence-electron chi connectivity index (χ3n) is 4.61. The van der Waals surface area contributed by atoms with Crippen molar-refractivity contribution >= 4 is 5.91 Å². The first-order valence-corrected chi connectivity index (χ1v) is 8.10. The summed E-state index contributed by atoms with van der Waals surface area (Å²) in [6.07, 6.45) is 1.35. The molecule has 1 fully saturated rings. The highest BCUT2D eigenvalue weighted by Crippen LogP contribution is 2.33. The fraction of sp³-hybridized carbons (Fsp3) is 0.500. The Bertz CT molecular complexity index is 705. The maximum Gasteiger partial charge on any atom is 0.230 e. The van der Waals surface area contributed by atoms with Crippen LogP contribution in [0.15, 0.2) is 30.3 Å². The highest BCUT2D eigenvalue weighted by molar-refractivity contribution is 5.79. The van der Waals surface area contributed by atoms with Gasteiger partial charge in [0.05, 0.1) is 6.42 Å². The number of nitrogens with zero attached hydrogens (tertiary/aromatic N) is 4. The summed E-state index contributed by atoms with van der Waals surface area (Å²) >= 11 is 0. The minimum atomic E-state index is 0.137. The van der Waals surface area contributed by atoms with E-state index >= 15 is 0 Å². The van der Waals surface area contributed by atoms with Crippen LogP contribution in [-0.4, -0.2) is 38.2 Å². The number of carbonyl (C=O) groups excluding carboxylic acids is 1. The number of amides is 1. The predicted octanol–water partition coefficient (Wildman–Crippen LogP) is 2.67. The van der Waals surface area contributed by atoms with Crippen molar-refractivity contribution in [3.8, 4) is 11.4 Å². The van der Waals surface area contributed by atoms with Crippen LogP contribution >= 0.6 is 0 Å². The average molecular weight is 312 g/mol. The minimum Gasteiger partial charge on any atom is -0.339 e. The lowest BCUT2D eigenvalue weighted by molar-refractivity contribution is -0.131. The van der Waals surface area contributed by atoms with Crippen molar-refractivity contribution in [3.63, 3.8) is 0 Å². The Morgan fingerprint density at radius 3 is 2.57 bits per heavy atom. The van der Waals surface area contributed by atoms with Crippen LogP contribution in [0, 0.1) is 5.41 Å². The van der Waals surface area contributed by atoms with E-state index in [4.69, 9.17) is 0 Å². The zero-order valence-electron chi connectivity index (χ0n) is 14.3. The molecule has 5 heteroatoms. The molecule has 0 spiro atoms. The SMILES string of the molecule is CC1CC(C)(C)CN1C(=O)Cc1nnc(-c2ccccc2)n1C. The van der Waals surface area contributed by atoms with Gasteiger partial charge in [-0.25, -0.2) is 0 Å². The third kappa shape index (κ3) is 3.14. The van der Waals surface area contributed by atoms with Gasteiger partial charge < -0.3 is 9.47 Å². The Hall–Kier alpha value is -2.17. The van der Waals surface area contributed by atoms with Gasteiger partial charge in [0.15, 0.2) is 5.82 Å². The number of aromatic nitrogens is 3. The Kier molecular flexibility index (Phi) is 3.96. The molecule has 2 aromatic rings. The maximum absolute atomic E-state index is 12.7. The number of rotatable bonds is 3. The molecule has 122 valence electrons. The molecule has 0 aliphatic carbocycles. The van der Waals surface area contributed by atoms with Gasteiger partial charge in [-0.1, -0.05) is 44.2 Å². The Labute approximate surface area is 137 Å². The first-order valence-electron chi connectivity index (χ1n) is 8.10. The second-order valence-electron chi connectivity index (χ2n) is 7.28. The van der Waals surface area contributed by atoms with E-state index in [2.05, 4.69) is 31.0 Å². The van der Waals surface area contributed by atoms with Gasteiger partial charge in [0.25, 0.3) is 0 Å². The Morgan fingerprint density at radius 2 is 1.96 bits per heavy atom. The maximum atomic E-state index is 12.7. The zero-order chi connectivity index (χ0) is 16.6. The molecule has 1 aromatic heterocycles. The summed E-state index contributed by atoms with van der Waals surface area (Å²) in [6, 6.07) is 10.2. The minimum absolute atomic E-state index is 0.137. The molecule has 0 saturated carbocycles. The van der Waals surface area contributed by atoms with Crippen molar-refractivity contribution in [2.45, 2.75) is 39.7 Å². The highest BCUT2D eigenvalue weighted by Gasteiger charge is 2.37. The summed E-state index contributed by atoms with van der Waals surface area (Å²) in [6.45, 7) is 7.37. The molecule has 0 bridgehead atoms. The number of likely N-dealkylation sites (tertiary alicyclic amines) is 1. The summed E-state index contributed by atoms with van der Waals surface area (Å²) in [5.74, 6) is 1.65. The van der Waals surface area contributed by atoms with Gasteiger partial charge in [-0.15, -0.1) is 10.2 Å². The molecular formula is C18H24N4O.